The Kier molecular flexibility index (Phi) is 5.32. The Labute approximate surface area is 201 Å². The van der Waals surface area contributed by atoms with Crippen molar-refractivity contribution in [3.05, 3.63) is 94.0 Å². The van der Waals surface area contributed by atoms with Gasteiger partial charge in [-0.25, -0.2) is 4.68 Å². The lowest BCUT2D eigenvalue weighted by Gasteiger charge is -2.19. The second-order valence-corrected chi connectivity index (χ2v) is 9.38. The summed E-state index contributed by atoms with van der Waals surface area (Å²) in [6.07, 6.45) is 1.48. The predicted molar refractivity (Wildman–Crippen MR) is 134 cm³/mol. The molecule has 9 heteroatoms. The lowest BCUT2D eigenvalue weighted by Crippen LogP contribution is -2.19. The number of hydrogen-bond donors (Lipinski definition) is 2. The van der Waals surface area contributed by atoms with E-state index in [0.29, 0.717) is 28.1 Å². The first-order valence-corrected chi connectivity index (χ1v) is 11.2. The number of nitrogens with zero attached hydrogens (tertiary/aromatic N) is 5. The van der Waals surface area contributed by atoms with Crippen molar-refractivity contribution in [1.29, 1.82) is 0 Å². The molecule has 0 aliphatic heterocycles. The van der Waals surface area contributed by atoms with E-state index < -0.39 is 0 Å². The maximum atomic E-state index is 13.0. The third-order valence-electron chi connectivity index (χ3n) is 5.71. The number of aryl methyl sites for hydroxylation is 1. The maximum absolute atomic E-state index is 13.0. The molecule has 0 fully saturated rings. The van der Waals surface area contributed by atoms with Crippen LogP contribution in [0.1, 0.15) is 42.4 Å². The van der Waals surface area contributed by atoms with Gasteiger partial charge in [0.1, 0.15) is 11.2 Å². The van der Waals surface area contributed by atoms with Crippen LogP contribution >= 0.6 is 0 Å². The maximum Gasteiger partial charge on any atom is 0.263 e. The lowest BCUT2D eigenvalue weighted by molar-refractivity contribution is 0.102. The summed E-state index contributed by atoms with van der Waals surface area (Å²) < 4.78 is 3.01. The van der Waals surface area contributed by atoms with Crippen LogP contribution in [0.2, 0.25) is 0 Å². The largest absolute Gasteiger partial charge is 0.306 e. The highest BCUT2D eigenvalue weighted by Gasteiger charge is 2.18. The molecule has 0 aliphatic rings. The molecule has 0 spiro atoms. The van der Waals surface area contributed by atoms with E-state index >= 15 is 0 Å². The van der Waals surface area contributed by atoms with Crippen molar-refractivity contribution < 1.29 is 4.79 Å². The van der Waals surface area contributed by atoms with E-state index in [4.69, 9.17) is 0 Å². The average molecular weight is 468 g/mol. The van der Waals surface area contributed by atoms with Crippen LogP contribution in [0.25, 0.3) is 22.7 Å². The van der Waals surface area contributed by atoms with Crippen LogP contribution in [0.3, 0.4) is 0 Å². The van der Waals surface area contributed by atoms with E-state index in [1.165, 1.54) is 10.9 Å². The molecular formula is C26H25N7O2. The number of H-pyrrole nitrogens is 1. The van der Waals surface area contributed by atoms with Gasteiger partial charge in [-0.05, 0) is 42.2 Å². The van der Waals surface area contributed by atoms with E-state index in [-0.39, 0.29) is 22.8 Å². The molecule has 0 aliphatic carbocycles. The Balaban J connectivity index is 1.52. The van der Waals surface area contributed by atoms with Crippen molar-refractivity contribution in [3.63, 3.8) is 0 Å². The number of nitrogens with one attached hydrogen (secondary N) is 2. The third kappa shape index (κ3) is 4.23. The molecule has 0 radical (unpaired) electrons. The molecule has 2 aromatic carbocycles. The van der Waals surface area contributed by atoms with Gasteiger partial charge in [-0.1, -0.05) is 51.1 Å². The summed E-state index contributed by atoms with van der Waals surface area (Å²) in [5.74, 6) is 0.275. The van der Waals surface area contributed by atoms with Crippen molar-refractivity contribution in [2.24, 2.45) is 0 Å². The number of rotatable bonds is 4. The lowest BCUT2D eigenvalue weighted by atomic mass is 9.87. The standard InChI is InChI=1S/C26H25N7O2/c1-16-14-21(28-23(34)17-10-12-18(13-11-17)26(2,3)4)33(31-16)25-29-22-20(24(35)30-25)15-27-32(22)19-8-6-5-7-9-19/h5-15H,1-4H3,(H,28,34)(H,29,30,35). The monoisotopic (exact) mass is 467 g/mol. The molecular weight excluding hydrogens is 442 g/mol. The first kappa shape index (κ1) is 22.3. The fourth-order valence-electron chi connectivity index (χ4n) is 3.83. The fraction of sp³-hybridized carbons (Fsp3) is 0.192. The number of para-hydroxylation sites is 1. The SMILES string of the molecule is Cc1cc(NC(=O)c2ccc(C(C)(C)C)cc2)n(-c2nc3c(cnn3-c3ccccc3)c(=O)[nH]2)n1. The molecule has 0 unspecified atom stereocenters. The normalized spacial score (nSPS) is 11.7. The topological polar surface area (TPSA) is 110 Å². The summed E-state index contributed by atoms with van der Waals surface area (Å²) in [5, 5.41) is 12.0. The Bertz CT molecular complexity index is 1590. The van der Waals surface area contributed by atoms with Gasteiger partial charge in [0.25, 0.3) is 11.5 Å². The molecule has 0 atom stereocenters. The Morgan fingerprint density at radius 1 is 1.00 bits per heavy atom. The van der Waals surface area contributed by atoms with Crippen molar-refractivity contribution in [3.8, 4) is 11.6 Å². The molecule has 0 saturated heterocycles. The minimum Gasteiger partial charge on any atom is -0.306 e. The highest BCUT2D eigenvalue weighted by atomic mass is 16.2. The first-order valence-electron chi connectivity index (χ1n) is 11.2. The molecule has 1 amide bonds. The molecule has 3 aromatic heterocycles. The Hall–Kier alpha value is -4.53. The number of fused-ring (bicyclic) bond motifs is 1. The molecule has 176 valence electrons. The second-order valence-electron chi connectivity index (χ2n) is 9.38. The van der Waals surface area contributed by atoms with Crippen LogP contribution in [0.15, 0.2) is 71.7 Å². The molecule has 2 N–H and O–H groups in total. The molecule has 35 heavy (non-hydrogen) atoms. The third-order valence-corrected chi connectivity index (χ3v) is 5.71. The number of carbonyl (C=O) groups is 1. The van der Waals surface area contributed by atoms with Gasteiger partial charge in [0.15, 0.2) is 5.65 Å². The van der Waals surface area contributed by atoms with Crippen molar-refractivity contribution in [1.82, 2.24) is 29.5 Å². The van der Waals surface area contributed by atoms with Crippen molar-refractivity contribution in [2.75, 3.05) is 5.32 Å². The van der Waals surface area contributed by atoms with E-state index in [0.717, 1.165) is 11.3 Å². The summed E-state index contributed by atoms with van der Waals surface area (Å²) in [6.45, 7) is 8.17. The van der Waals surface area contributed by atoms with Gasteiger partial charge in [0.2, 0.25) is 5.95 Å². The molecule has 5 rings (SSSR count). The van der Waals surface area contributed by atoms with Gasteiger partial charge in [-0.3, -0.25) is 14.6 Å². The van der Waals surface area contributed by atoms with Gasteiger partial charge in [0, 0.05) is 11.6 Å². The molecule has 3 heterocycles. The number of anilines is 1. The zero-order valence-electron chi connectivity index (χ0n) is 19.9. The summed E-state index contributed by atoms with van der Waals surface area (Å²) >= 11 is 0. The Morgan fingerprint density at radius 2 is 1.71 bits per heavy atom. The fourth-order valence-corrected chi connectivity index (χ4v) is 3.83. The quantitative estimate of drug-likeness (QED) is 0.413. The molecule has 0 bridgehead atoms. The smallest absolute Gasteiger partial charge is 0.263 e. The average Bonchev–Trinajstić information content (AvgIpc) is 3.42. The number of benzene rings is 2. The summed E-state index contributed by atoms with van der Waals surface area (Å²) in [5.41, 5.74) is 3.11. The number of amides is 1. The van der Waals surface area contributed by atoms with Crippen LogP contribution in [0, 0.1) is 6.92 Å². The molecule has 9 nitrogen and oxygen atoms in total. The predicted octanol–water partition coefficient (Wildman–Crippen LogP) is 4.15. The van der Waals surface area contributed by atoms with Crippen LogP contribution in [0.5, 0.6) is 0 Å². The number of aromatic amines is 1. The number of aromatic nitrogens is 6. The molecule has 5 aromatic rings. The summed E-state index contributed by atoms with van der Waals surface area (Å²) in [6, 6.07) is 18.7. The van der Waals surface area contributed by atoms with Gasteiger partial charge < -0.3 is 5.32 Å². The van der Waals surface area contributed by atoms with Crippen LogP contribution < -0.4 is 10.9 Å². The van der Waals surface area contributed by atoms with Gasteiger partial charge >= 0.3 is 0 Å². The van der Waals surface area contributed by atoms with E-state index in [2.05, 4.69) is 46.3 Å². The zero-order valence-corrected chi connectivity index (χ0v) is 19.9. The minimum absolute atomic E-state index is 0.00675. The first-order chi connectivity index (χ1) is 16.7. The summed E-state index contributed by atoms with van der Waals surface area (Å²) in [4.78, 5) is 33.2. The highest BCUT2D eigenvalue weighted by molar-refractivity contribution is 6.04. The minimum atomic E-state index is -0.352. The number of hydrogen-bond acceptors (Lipinski definition) is 5. The van der Waals surface area contributed by atoms with Crippen LogP contribution in [-0.4, -0.2) is 35.4 Å². The van der Waals surface area contributed by atoms with Crippen molar-refractivity contribution in [2.45, 2.75) is 33.1 Å². The van der Waals surface area contributed by atoms with Gasteiger partial charge in [-0.2, -0.15) is 19.9 Å². The summed E-state index contributed by atoms with van der Waals surface area (Å²) in [7, 11) is 0. The molecule has 0 saturated carbocycles. The van der Waals surface area contributed by atoms with Gasteiger partial charge in [0.05, 0.1) is 17.6 Å². The van der Waals surface area contributed by atoms with Crippen LogP contribution in [0.4, 0.5) is 5.82 Å². The van der Waals surface area contributed by atoms with Crippen LogP contribution in [-0.2, 0) is 5.41 Å². The Morgan fingerprint density at radius 3 is 2.40 bits per heavy atom. The second kappa shape index (κ2) is 8.35. The number of carbonyl (C=O) groups excluding carboxylic acids is 1. The van der Waals surface area contributed by atoms with E-state index in [1.54, 1.807) is 29.8 Å². The zero-order chi connectivity index (χ0) is 24.7. The van der Waals surface area contributed by atoms with Gasteiger partial charge in [-0.15, -0.1) is 0 Å². The van der Waals surface area contributed by atoms with Crippen molar-refractivity contribution >= 4 is 22.8 Å². The van der Waals surface area contributed by atoms with E-state index in [1.807, 2.05) is 42.5 Å². The van der Waals surface area contributed by atoms with E-state index in [9.17, 15) is 9.59 Å². The highest BCUT2D eigenvalue weighted by Crippen LogP contribution is 2.23.